The second kappa shape index (κ2) is 11.6. The van der Waals surface area contributed by atoms with E-state index < -0.39 is 13.9 Å². The van der Waals surface area contributed by atoms with E-state index in [9.17, 15) is 9.59 Å². The Morgan fingerprint density at radius 1 is 1.20 bits per heavy atom. The van der Waals surface area contributed by atoms with Gasteiger partial charge in [-0.3, -0.25) is 14.5 Å². The lowest BCUT2D eigenvalue weighted by Gasteiger charge is -2.47. The Labute approximate surface area is 252 Å². The average Bonchev–Trinajstić information content (AvgIpc) is 3.25. The summed E-state index contributed by atoms with van der Waals surface area (Å²) in [4.78, 5) is 32.5. The second-order valence-electron chi connectivity index (χ2n) is 12.7. The van der Waals surface area contributed by atoms with Crippen molar-refractivity contribution in [2.45, 2.75) is 88.5 Å². The van der Waals surface area contributed by atoms with E-state index in [1.54, 1.807) is 13.2 Å². The first-order valence-electron chi connectivity index (χ1n) is 14.4. The van der Waals surface area contributed by atoms with Gasteiger partial charge in [0.2, 0.25) is 0 Å². The summed E-state index contributed by atoms with van der Waals surface area (Å²) in [6, 6.07) is 4.21. The number of hydrogen-bond donors (Lipinski definition) is 2. The number of ether oxygens (including phenoxy) is 3. The average molecular weight is 620 g/mol. The molecule has 0 bridgehead atoms. The first kappa shape index (κ1) is 30.5. The molecule has 2 N–H and O–H groups in total. The molecule has 2 aromatic rings. The first-order chi connectivity index (χ1) is 19.3. The summed E-state index contributed by atoms with van der Waals surface area (Å²) in [6.07, 6.45) is 6.47. The van der Waals surface area contributed by atoms with Crippen LogP contribution in [0.4, 0.5) is 0 Å². The van der Waals surface area contributed by atoms with Crippen molar-refractivity contribution in [1.82, 2.24) is 15.2 Å². The number of halogens is 1. The summed E-state index contributed by atoms with van der Waals surface area (Å²) in [7, 11) is -0.340. The van der Waals surface area contributed by atoms with Crippen molar-refractivity contribution in [3.8, 4) is 11.5 Å². The van der Waals surface area contributed by atoms with Crippen molar-refractivity contribution in [3.63, 3.8) is 0 Å². The molecule has 11 heteroatoms. The molecule has 1 amide bonds. The molecule has 1 atom stereocenters. The van der Waals surface area contributed by atoms with Crippen molar-refractivity contribution < 1.29 is 19.0 Å². The molecule has 8 nitrogen and oxygen atoms in total. The number of H-pyrrole nitrogens is 1. The van der Waals surface area contributed by atoms with Gasteiger partial charge in [-0.25, -0.2) is 0 Å². The molecule has 5 rings (SSSR count). The van der Waals surface area contributed by atoms with Gasteiger partial charge in [-0.05, 0) is 56.2 Å². The highest BCUT2D eigenvalue weighted by atomic mass is 35.5. The summed E-state index contributed by atoms with van der Waals surface area (Å²) >= 11 is 8.27. The normalized spacial score (nSPS) is 24.8. The lowest BCUT2D eigenvalue weighted by Crippen LogP contribution is -2.57. The van der Waals surface area contributed by atoms with Crippen LogP contribution in [-0.2, 0) is 11.3 Å². The van der Waals surface area contributed by atoms with Crippen LogP contribution >= 0.6 is 23.4 Å². The van der Waals surface area contributed by atoms with Crippen LogP contribution in [0.15, 0.2) is 21.8 Å². The number of nitrogens with one attached hydrogen (secondary N) is 2. The predicted octanol–water partition coefficient (Wildman–Crippen LogP) is 4.91. The molecule has 3 heterocycles. The molecule has 1 aliphatic carbocycles. The number of hydrogen-bond acceptors (Lipinski definition) is 7. The third kappa shape index (κ3) is 5.95. The SMILES string of the molecule is COC1CN(C2CCC(C3(C)Oc4c(Cl)cc(C(=O)NCc5c(SC)cc(C)[nH]c5=O)c([Si](C)(C)C)c4O3)CC2)C1. The minimum atomic E-state index is -2.13. The zero-order valence-corrected chi connectivity index (χ0v) is 27.7. The number of pyridine rings is 1. The van der Waals surface area contributed by atoms with Crippen molar-refractivity contribution in [3.05, 3.63) is 44.3 Å². The number of carbonyl (C=O) groups excluding carboxylic acids is 1. The molecule has 1 saturated heterocycles. The van der Waals surface area contributed by atoms with Crippen molar-refractivity contribution in [2.75, 3.05) is 26.5 Å². The summed E-state index contributed by atoms with van der Waals surface area (Å²) < 4.78 is 18.7. The van der Waals surface area contributed by atoms with Gasteiger partial charge in [0, 0.05) is 67.3 Å². The summed E-state index contributed by atoms with van der Waals surface area (Å²) in [6.45, 7) is 12.6. The fraction of sp³-hybridized carbons (Fsp3) is 0.600. The van der Waals surface area contributed by atoms with Gasteiger partial charge in [-0.2, -0.15) is 0 Å². The smallest absolute Gasteiger partial charge is 0.254 e. The Hall–Kier alpha value is -1.98. The van der Waals surface area contributed by atoms with E-state index >= 15 is 0 Å². The van der Waals surface area contributed by atoms with E-state index in [-0.39, 0.29) is 23.9 Å². The maximum atomic E-state index is 13.7. The zero-order valence-electron chi connectivity index (χ0n) is 25.1. The van der Waals surface area contributed by atoms with E-state index in [1.165, 1.54) is 11.8 Å². The van der Waals surface area contributed by atoms with Crippen LogP contribution in [0.25, 0.3) is 0 Å². The van der Waals surface area contributed by atoms with Gasteiger partial charge in [0.1, 0.15) is 0 Å². The molecule has 1 aromatic carbocycles. The molecule has 0 spiro atoms. The number of aromatic nitrogens is 1. The molecule has 1 aromatic heterocycles. The van der Waals surface area contributed by atoms with Crippen molar-refractivity contribution in [2.24, 2.45) is 5.92 Å². The number of benzene rings is 1. The standard InChI is InChI=1S/C30H42ClN3O5SSi/c1-17-12-24(40-4)22(29(36)33-17)14-32-28(35)21-13-23(31)25-26(27(21)41(5,6)7)39-30(2,38-25)18-8-10-19(11-9-18)34-15-20(16-34)37-3/h12-13,18-20H,8-11,14-16H2,1-7H3,(H,32,35)(H,33,36). The van der Waals surface area contributed by atoms with Crippen LogP contribution in [0.1, 0.15) is 54.2 Å². The monoisotopic (exact) mass is 619 g/mol. The van der Waals surface area contributed by atoms with Crippen LogP contribution in [0.5, 0.6) is 11.5 Å². The number of aryl methyl sites for hydroxylation is 1. The largest absolute Gasteiger partial charge is 0.448 e. The Morgan fingerprint density at radius 3 is 2.46 bits per heavy atom. The third-order valence-corrected chi connectivity index (χ3v) is 11.9. The van der Waals surface area contributed by atoms with Crippen LogP contribution in [0, 0.1) is 12.8 Å². The number of amides is 1. The highest BCUT2D eigenvalue weighted by molar-refractivity contribution is 7.98. The highest BCUT2D eigenvalue weighted by Crippen LogP contribution is 2.50. The van der Waals surface area contributed by atoms with Gasteiger partial charge in [-0.1, -0.05) is 31.2 Å². The summed E-state index contributed by atoms with van der Waals surface area (Å²) in [5.41, 5.74) is 1.62. The first-order valence-corrected chi connectivity index (χ1v) is 19.5. The van der Waals surface area contributed by atoms with Gasteiger partial charge in [0.25, 0.3) is 17.3 Å². The second-order valence-corrected chi connectivity index (χ2v) is 19.0. The van der Waals surface area contributed by atoms with E-state index in [1.807, 2.05) is 26.2 Å². The number of likely N-dealkylation sites (tertiary alicyclic amines) is 1. The highest BCUT2D eigenvalue weighted by Gasteiger charge is 2.49. The molecule has 1 saturated carbocycles. The van der Waals surface area contributed by atoms with E-state index in [0.717, 1.165) is 54.5 Å². The van der Waals surface area contributed by atoms with Crippen LogP contribution in [0.2, 0.25) is 24.7 Å². The molecule has 2 aliphatic heterocycles. The number of nitrogens with zero attached hydrogens (tertiary/aromatic N) is 1. The minimum Gasteiger partial charge on any atom is -0.448 e. The van der Waals surface area contributed by atoms with Crippen LogP contribution < -0.4 is 25.5 Å². The molecule has 1 unspecified atom stereocenters. The third-order valence-electron chi connectivity index (χ3n) is 8.83. The Balaban J connectivity index is 1.36. The fourth-order valence-electron chi connectivity index (χ4n) is 6.50. The van der Waals surface area contributed by atoms with Gasteiger partial charge in [0.15, 0.2) is 11.5 Å². The van der Waals surface area contributed by atoms with Crippen molar-refractivity contribution in [1.29, 1.82) is 0 Å². The van der Waals surface area contributed by atoms with E-state index in [2.05, 4.69) is 34.8 Å². The lowest BCUT2D eigenvalue weighted by atomic mass is 9.80. The number of rotatable bonds is 8. The van der Waals surface area contributed by atoms with Gasteiger partial charge >= 0.3 is 0 Å². The Morgan fingerprint density at radius 2 is 1.85 bits per heavy atom. The fourth-order valence-corrected chi connectivity index (χ4v) is 9.28. The van der Waals surface area contributed by atoms with Crippen LogP contribution in [-0.4, -0.2) is 68.3 Å². The maximum absolute atomic E-state index is 13.7. The van der Waals surface area contributed by atoms with E-state index in [0.29, 0.717) is 39.8 Å². The molecule has 224 valence electrons. The molecule has 41 heavy (non-hydrogen) atoms. The Kier molecular flexibility index (Phi) is 8.62. The molecular weight excluding hydrogens is 578 g/mol. The molecular formula is C30H42ClN3O5SSi. The maximum Gasteiger partial charge on any atom is 0.254 e. The summed E-state index contributed by atoms with van der Waals surface area (Å²) in [5.74, 6) is 0.241. The molecule has 2 fully saturated rings. The van der Waals surface area contributed by atoms with Gasteiger partial charge < -0.3 is 24.5 Å². The number of thioether (sulfide) groups is 1. The lowest BCUT2D eigenvalue weighted by molar-refractivity contribution is -0.129. The quantitative estimate of drug-likeness (QED) is 0.320. The molecule has 0 radical (unpaired) electrons. The number of methoxy groups -OCH3 is 1. The Bertz CT molecular complexity index is 1380. The van der Waals surface area contributed by atoms with Crippen LogP contribution in [0.3, 0.4) is 0 Å². The van der Waals surface area contributed by atoms with Gasteiger partial charge in [-0.15, -0.1) is 11.8 Å². The molecule has 3 aliphatic rings. The number of fused-ring (bicyclic) bond motifs is 1. The number of aromatic amines is 1. The zero-order chi connectivity index (χ0) is 29.7. The predicted molar refractivity (Wildman–Crippen MR) is 167 cm³/mol. The van der Waals surface area contributed by atoms with E-state index in [4.69, 9.17) is 25.8 Å². The van der Waals surface area contributed by atoms with Gasteiger partial charge in [0.05, 0.1) is 19.2 Å². The summed E-state index contributed by atoms with van der Waals surface area (Å²) in [5, 5.41) is 4.24. The number of carbonyl (C=O) groups is 1. The van der Waals surface area contributed by atoms with Crippen molar-refractivity contribution >= 4 is 42.5 Å². The topological polar surface area (TPSA) is 92.9 Å². The minimum absolute atomic E-state index is 0.116.